The van der Waals surface area contributed by atoms with E-state index < -0.39 is 5.97 Å². The third kappa shape index (κ3) is 3.07. The highest BCUT2D eigenvalue weighted by molar-refractivity contribution is 5.70. The lowest BCUT2D eigenvalue weighted by Crippen LogP contribution is -2.15. The topological polar surface area (TPSA) is 50.1 Å². The lowest BCUT2D eigenvalue weighted by molar-refractivity contribution is -0.131. The molecular weight excluding hydrogens is 214 g/mol. The molecule has 0 fully saturated rings. The molecule has 3 nitrogen and oxygen atoms in total. The summed E-state index contributed by atoms with van der Waals surface area (Å²) >= 11 is 0. The van der Waals surface area contributed by atoms with Crippen molar-refractivity contribution in [2.75, 3.05) is 0 Å². The monoisotopic (exact) mass is 231 g/mol. The number of nitriles is 1. The van der Waals surface area contributed by atoms with E-state index in [1.54, 1.807) is 12.1 Å². The van der Waals surface area contributed by atoms with Crippen LogP contribution in [0.25, 0.3) is 0 Å². The molecule has 0 aliphatic rings. The van der Waals surface area contributed by atoms with Crippen molar-refractivity contribution in [1.82, 2.24) is 0 Å². The number of carbonyl (C=O) groups is 1. The van der Waals surface area contributed by atoms with Crippen molar-refractivity contribution >= 4 is 5.97 Å². The fourth-order valence-corrected chi connectivity index (χ4v) is 1.49. The van der Waals surface area contributed by atoms with Crippen molar-refractivity contribution in [3.63, 3.8) is 0 Å². The molecule has 0 radical (unpaired) electrons. The van der Waals surface area contributed by atoms with Gasteiger partial charge in [-0.2, -0.15) is 5.26 Å². The highest BCUT2D eigenvalue weighted by Crippen LogP contribution is 2.30. The van der Waals surface area contributed by atoms with Crippen LogP contribution < -0.4 is 4.74 Å². The number of hydrogen-bond donors (Lipinski definition) is 0. The van der Waals surface area contributed by atoms with Gasteiger partial charge in [0.05, 0.1) is 5.56 Å². The average Bonchev–Trinajstić information content (AvgIpc) is 2.28. The molecule has 0 amide bonds. The normalized spacial score (nSPS) is 10.8. The van der Waals surface area contributed by atoms with E-state index in [-0.39, 0.29) is 5.41 Å². The largest absolute Gasteiger partial charge is 0.425 e. The van der Waals surface area contributed by atoms with Crippen molar-refractivity contribution in [2.45, 2.75) is 39.5 Å². The van der Waals surface area contributed by atoms with Gasteiger partial charge in [0, 0.05) is 6.92 Å². The first-order valence-electron chi connectivity index (χ1n) is 5.63. The maximum absolute atomic E-state index is 10.9. The fraction of sp³-hybridized carbons (Fsp3) is 0.429. The van der Waals surface area contributed by atoms with Gasteiger partial charge in [0.15, 0.2) is 0 Å². The summed E-state index contributed by atoms with van der Waals surface area (Å²) in [5, 5.41) is 9.05. The average molecular weight is 231 g/mol. The number of esters is 1. The predicted octanol–water partition coefficient (Wildman–Crippen LogP) is 3.17. The molecule has 0 heterocycles. The number of rotatable bonds is 3. The molecule has 1 aromatic rings. The van der Waals surface area contributed by atoms with Crippen LogP contribution in [0.3, 0.4) is 0 Å². The molecule has 1 rings (SSSR count). The van der Waals surface area contributed by atoms with E-state index >= 15 is 0 Å². The van der Waals surface area contributed by atoms with Gasteiger partial charge in [0.2, 0.25) is 0 Å². The molecule has 0 atom stereocenters. The maximum atomic E-state index is 10.9. The van der Waals surface area contributed by atoms with E-state index in [9.17, 15) is 4.79 Å². The van der Waals surface area contributed by atoms with Crippen LogP contribution in [0.5, 0.6) is 5.75 Å². The molecule has 0 aromatic heterocycles. The Morgan fingerprint density at radius 1 is 1.47 bits per heavy atom. The number of hydrogen-bond acceptors (Lipinski definition) is 3. The Bertz CT molecular complexity index is 470. The number of carbonyl (C=O) groups excluding carboxylic acids is 1. The molecule has 0 aliphatic carbocycles. The van der Waals surface area contributed by atoms with E-state index in [0.29, 0.717) is 11.3 Å². The number of nitrogens with zero attached hydrogens (tertiary/aromatic N) is 1. The van der Waals surface area contributed by atoms with Crippen LogP contribution >= 0.6 is 0 Å². The Balaban J connectivity index is 3.18. The fourth-order valence-electron chi connectivity index (χ4n) is 1.49. The van der Waals surface area contributed by atoms with Crippen molar-refractivity contribution in [2.24, 2.45) is 0 Å². The van der Waals surface area contributed by atoms with Gasteiger partial charge in [-0.15, -0.1) is 0 Å². The molecule has 3 heteroatoms. The smallest absolute Gasteiger partial charge is 0.308 e. The Labute approximate surface area is 102 Å². The summed E-state index contributed by atoms with van der Waals surface area (Å²) in [5.74, 6) is -0.0837. The summed E-state index contributed by atoms with van der Waals surface area (Å²) < 4.78 is 4.98. The third-order valence-electron chi connectivity index (χ3n) is 3.02. The summed E-state index contributed by atoms with van der Waals surface area (Å²) in [5.41, 5.74) is 1.49. The Morgan fingerprint density at radius 3 is 2.59 bits per heavy atom. The van der Waals surface area contributed by atoms with Gasteiger partial charge in [0.1, 0.15) is 11.8 Å². The Kier molecular flexibility index (Phi) is 3.90. The summed E-state index contributed by atoms with van der Waals surface area (Å²) in [6, 6.07) is 7.45. The molecule has 0 aliphatic heterocycles. The quantitative estimate of drug-likeness (QED) is 0.593. The molecule has 0 spiro atoms. The van der Waals surface area contributed by atoms with E-state index in [4.69, 9.17) is 10.00 Å². The zero-order valence-corrected chi connectivity index (χ0v) is 10.7. The molecule has 0 saturated carbocycles. The highest BCUT2D eigenvalue weighted by Gasteiger charge is 2.19. The Hall–Kier alpha value is -1.82. The molecular formula is C14H17NO2. The van der Waals surface area contributed by atoms with Crippen molar-refractivity contribution in [1.29, 1.82) is 5.26 Å². The van der Waals surface area contributed by atoms with Crippen LogP contribution in [-0.2, 0) is 10.2 Å². The van der Waals surface area contributed by atoms with Crippen molar-refractivity contribution < 1.29 is 9.53 Å². The SMILES string of the molecule is CCC(C)(C)c1ccc(OC(C)=O)c(C#N)c1. The first kappa shape index (κ1) is 13.2. The van der Waals surface area contributed by atoms with Gasteiger partial charge < -0.3 is 4.74 Å². The second-order valence-corrected chi connectivity index (χ2v) is 4.65. The molecule has 17 heavy (non-hydrogen) atoms. The summed E-state index contributed by atoms with van der Waals surface area (Å²) in [6.45, 7) is 7.67. The van der Waals surface area contributed by atoms with Crippen LogP contribution in [-0.4, -0.2) is 5.97 Å². The first-order chi connectivity index (χ1) is 7.90. The maximum Gasteiger partial charge on any atom is 0.308 e. The van der Waals surface area contributed by atoms with Crippen LogP contribution in [0, 0.1) is 11.3 Å². The number of ether oxygens (including phenoxy) is 1. The minimum atomic E-state index is -0.413. The molecule has 0 unspecified atom stereocenters. The molecule has 0 N–H and O–H groups in total. The zero-order chi connectivity index (χ0) is 13.1. The lowest BCUT2D eigenvalue weighted by Gasteiger charge is -2.23. The zero-order valence-electron chi connectivity index (χ0n) is 10.7. The summed E-state index contributed by atoms with van der Waals surface area (Å²) in [7, 11) is 0. The molecule has 0 saturated heterocycles. The van der Waals surface area contributed by atoms with Gasteiger partial charge in [-0.3, -0.25) is 4.79 Å². The predicted molar refractivity (Wildman–Crippen MR) is 65.8 cm³/mol. The second-order valence-electron chi connectivity index (χ2n) is 4.65. The van der Waals surface area contributed by atoms with Gasteiger partial charge in [0.25, 0.3) is 0 Å². The Morgan fingerprint density at radius 2 is 2.12 bits per heavy atom. The van der Waals surface area contributed by atoms with Gasteiger partial charge in [-0.05, 0) is 29.5 Å². The summed E-state index contributed by atoms with van der Waals surface area (Å²) in [6.07, 6.45) is 0.977. The second kappa shape index (κ2) is 5.01. The van der Waals surface area contributed by atoms with Crippen molar-refractivity contribution in [3.8, 4) is 11.8 Å². The third-order valence-corrected chi connectivity index (χ3v) is 3.02. The highest BCUT2D eigenvalue weighted by atomic mass is 16.5. The van der Waals surface area contributed by atoms with Gasteiger partial charge in [-0.1, -0.05) is 26.8 Å². The minimum Gasteiger partial charge on any atom is -0.425 e. The van der Waals surface area contributed by atoms with E-state index in [0.717, 1.165) is 12.0 Å². The van der Waals surface area contributed by atoms with E-state index in [1.807, 2.05) is 6.07 Å². The first-order valence-corrected chi connectivity index (χ1v) is 5.63. The van der Waals surface area contributed by atoms with Crippen LogP contribution in [0.15, 0.2) is 18.2 Å². The lowest BCUT2D eigenvalue weighted by atomic mass is 9.81. The standard InChI is InChI=1S/C14H17NO2/c1-5-14(3,4)12-6-7-13(17-10(2)16)11(8-12)9-15/h6-8H,5H2,1-4H3. The van der Waals surface area contributed by atoms with Gasteiger partial charge in [-0.25, -0.2) is 0 Å². The molecule has 0 bridgehead atoms. The van der Waals surface area contributed by atoms with Crippen LogP contribution in [0.1, 0.15) is 45.2 Å². The van der Waals surface area contributed by atoms with E-state index in [1.165, 1.54) is 6.92 Å². The minimum absolute atomic E-state index is 0.0142. The molecule has 90 valence electrons. The summed E-state index contributed by atoms with van der Waals surface area (Å²) in [4.78, 5) is 10.9. The van der Waals surface area contributed by atoms with E-state index in [2.05, 4.69) is 26.8 Å². The molecule has 1 aromatic carbocycles. The van der Waals surface area contributed by atoms with Gasteiger partial charge >= 0.3 is 5.97 Å². The van der Waals surface area contributed by atoms with Crippen LogP contribution in [0.2, 0.25) is 0 Å². The van der Waals surface area contributed by atoms with Crippen LogP contribution in [0.4, 0.5) is 0 Å². The number of benzene rings is 1. The van der Waals surface area contributed by atoms with Crippen molar-refractivity contribution in [3.05, 3.63) is 29.3 Å².